The molecule has 4 saturated heterocycles. The number of esters is 2. The summed E-state index contributed by atoms with van der Waals surface area (Å²) in [6, 6.07) is 5.18. The number of hydrogen-bond acceptors (Lipinski definition) is 11. The number of thioether (sulfide) groups is 1. The normalized spacial score (nSPS) is 28.3. The van der Waals surface area contributed by atoms with Crippen molar-refractivity contribution in [2.45, 2.75) is 107 Å². The van der Waals surface area contributed by atoms with Crippen LogP contribution < -0.4 is 5.32 Å². The molecule has 14 heteroatoms. The van der Waals surface area contributed by atoms with Gasteiger partial charge in [-0.15, -0.1) is 11.8 Å². The van der Waals surface area contributed by atoms with Crippen molar-refractivity contribution in [1.82, 2.24) is 15.1 Å². The first-order valence-electron chi connectivity index (χ1n) is 14.8. The first-order chi connectivity index (χ1) is 21.1. The van der Waals surface area contributed by atoms with E-state index in [2.05, 4.69) is 10.3 Å². The first-order valence-corrected chi connectivity index (χ1v) is 15.7. The molecule has 0 aromatic heterocycles. The molecule has 0 spiro atoms. The van der Waals surface area contributed by atoms with Gasteiger partial charge in [-0.2, -0.15) is 0 Å². The average Bonchev–Trinajstić information content (AvgIpc) is 3.36. The largest absolute Gasteiger partial charge is 0.426 e. The van der Waals surface area contributed by atoms with Crippen LogP contribution in [0.2, 0.25) is 0 Å². The van der Waals surface area contributed by atoms with Crippen molar-refractivity contribution in [3.63, 3.8) is 0 Å². The minimum Gasteiger partial charge on any atom is -0.426 e. The number of fused-ring (bicyclic) bond motifs is 2. The summed E-state index contributed by atoms with van der Waals surface area (Å²) in [5.74, 6) is -2.62. The number of Topliss-reactive ketones (excluding diaryl/α,β-unsaturated/α-hetero) is 1. The number of benzene rings is 1. The molecule has 4 aliphatic heterocycles. The van der Waals surface area contributed by atoms with E-state index in [0.29, 0.717) is 24.1 Å². The molecule has 1 aromatic rings. The summed E-state index contributed by atoms with van der Waals surface area (Å²) in [4.78, 5) is 83.7. The number of carbonyl (C=O) groups is 6. The molecule has 4 heterocycles. The Morgan fingerprint density at radius 3 is 2.27 bits per heavy atom. The van der Waals surface area contributed by atoms with Gasteiger partial charge in [0.1, 0.15) is 29.5 Å². The Bertz CT molecular complexity index is 1450. The van der Waals surface area contributed by atoms with Crippen molar-refractivity contribution in [3.8, 4) is 0 Å². The summed E-state index contributed by atoms with van der Waals surface area (Å²) >= 11 is 1.36. The first kappa shape index (κ1) is 32.6. The number of aliphatic imine (C=N–C) groups is 1. The Hall–Kier alpha value is -3.78. The topological polar surface area (TPSA) is 161 Å². The van der Waals surface area contributed by atoms with Gasteiger partial charge in [0, 0.05) is 16.9 Å². The molecular weight excluding hydrogens is 604 g/mol. The van der Waals surface area contributed by atoms with Crippen LogP contribution in [0.3, 0.4) is 0 Å². The summed E-state index contributed by atoms with van der Waals surface area (Å²) in [6.45, 7) is 9.52. The number of ketones is 1. The molecule has 3 amide bonds. The Morgan fingerprint density at radius 2 is 1.64 bits per heavy atom. The summed E-state index contributed by atoms with van der Waals surface area (Å²) in [7, 11) is 0. The number of rotatable bonds is 11. The van der Waals surface area contributed by atoms with E-state index in [9.17, 15) is 28.8 Å². The molecule has 0 saturated carbocycles. The molecular formula is C31H38N4O9S. The molecule has 4 aliphatic rings. The van der Waals surface area contributed by atoms with Gasteiger partial charge in [-0.1, -0.05) is 30.3 Å². The molecule has 0 radical (unpaired) electrons. The van der Waals surface area contributed by atoms with Gasteiger partial charge in [-0.05, 0) is 53.5 Å². The van der Waals surface area contributed by atoms with Gasteiger partial charge in [0.05, 0.1) is 12.0 Å². The predicted molar refractivity (Wildman–Crippen MR) is 161 cm³/mol. The minimum absolute atomic E-state index is 0.0196. The van der Waals surface area contributed by atoms with Gasteiger partial charge < -0.3 is 29.2 Å². The molecule has 242 valence electrons. The fourth-order valence-electron chi connectivity index (χ4n) is 6.18. The second-order valence-corrected chi connectivity index (χ2v) is 14.5. The lowest BCUT2D eigenvalue weighted by molar-refractivity contribution is -0.181. The monoisotopic (exact) mass is 642 g/mol. The number of carbonyl (C=O) groups excluding carboxylic acids is 6. The fourth-order valence-corrected chi connectivity index (χ4v) is 7.80. The highest BCUT2D eigenvalue weighted by atomic mass is 32.2. The molecule has 2 unspecified atom stereocenters. The van der Waals surface area contributed by atoms with Crippen molar-refractivity contribution in [1.29, 1.82) is 0 Å². The van der Waals surface area contributed by atoms with E-state index >= 15 is 0 Å². The highest BCUT2D eigenvalue weighted by Gasteiger charge is 2.65. The number of ether oxygens (including phenoxy) is 3. The van der Waals surface area contributed by atoms with Gasteiger partial charge >= 0.3 is 11.9 Å². The molecule has 13 nitrogen and oxygen atoms in total. The van der Waals surface area contributed by atoms with E-state index in [0.717, 1.165) is 0 Å². The van der Waals surface area contributed by atoms with E-state index in [-0.39, 0.29) is 18.1 Å². The molecule has 0 bridgehead atoms. The van der Waals surface area contributed by atoms with Crippen LogP contribution in [0.1, 0.15) is 72.4 Å². The van der Waals surface area contributed by atoms with Gasteiger partial charge in [0.15, 0.2) is 12.1 Å². The maximum absolute atomic E-state index is 13.5. The van der Waals surface area contributed by atoms with Crippen molar-refractivity contribution in [2.75, 3.05) is 6.79 Å². The summed E-state index contributed by atoms with van der Waals surface area (Å²) in [5.41, 5.74) is 0.310. The van der Waals surface area contributed by atoms with Crippen LogP contribution in [0.5, 0.6) is 0 Å². The smallest absolute Gasteiger partial charge is 0.334 e. The van der Waals surface area contributed by atoms with Gasteiger partial charge in [0.25, 0.3) is 0 Å². The molecule has 1 N–H and O–H groups in total. The number of β-lactam (4-membered cyclic amide) rings is 2. The third-order valence-electron chi connectivity index (χ3n) is 8.46. The lowest BCUT2D eigenvalue weighted by Gasteiger charge is -2.44. The van der Waals surface area contributed by atoms with Gasteiger partial charge in [0.2, 0.25) is 24.5 Å². The maximum Gasteiger partial charge on any atom is 0.334 e. The second kappa shape index (κ2) is 12.2. The van der Waals surface area contributed by atoms with Crippen molar-refractivity contribution >= 4 is 52.9 Å². The number of hydrogen-bond donors (Lipinski definition) is 1. The van der Waals surface area contributed by atoms with E-state index in [1.54, 1.807) is 58.9 Å². The minimum atomic E-state index is -0.990. The van der Waals surface area contributed by atoms with Crippen LogP contribution in [-0.2, 0) is 43.0 Å². The average molecular weight is 643 g/mol. The van der Waals surface area contributed by atoms with Gasteiger partial charge in [-0.25, -0.2) is 9.59 Å². The fraction of sp³-hybridized carbons (Fsp3) is 0.581. The van der Waals surface area contributed by atoms with Crippen LogP contribution in [0.15, 0.2) is 35.3 Å². The molecule has 0 aliphatic carbocycles. The Kier molecular flexibility index (Phi) is 8.84. The Labute approximate surface area is 265 Å². The summed E-state index contributed by atoms with van der Waals surface area (Å²) < 4.78 is 15.5. The van der Waals surface area contributed by atoms with Crippen molar-refractivity contribution in [2.24, 2.45) is 4.99 Å². The predicted octanol–water partition coefficient (Wildman–Crippen LogP) is 1.88. The molecule has 5 rings (SSSR count). The lowest BCUT2D eigenvalue weighted by atomic mass is 9.95. The van der Waals surface area contributed by atoms with E-state index in [4.69, 9.17) is 14.2 Å². The zero-order valence-corrected chi connectivity index (χ0v) is 26.9. The standard InChI is InChI=1S/C31H38N4O9S/c1-16(12-13-17(2)36)32-21(18-10-8-7-9-11-18)25(38)33-22-26(39)35-24(31(5,6)45-27(22)35)29(41)43-15-42-28(40)23-30(3,4)44-20-14-19(37)34(20)23/h7-11,20-24,27H,12-15H2,1-6H3,(H,33,38)/t20-,21-,22-,23?,24?,27-/m1/s1. The zero-order chi connectivity index (χ0) is 32.8. The third-order valence-corrected chi connectivity index (χ3v) is 10.0. The van der Waals surface area contributed by atoms with Crippen LogP contribution in [0.25, 0.3) is 0 Å². The van der Waals surface area contributed by atoms with Crippen LogP contribution in [0, 0.1) is 0 Å². The number of nitrogens with one attached hydrogen (secondary N) is 1. The number of nitrogens with zero attached hydrogens (tertiary/aromatic N) is 3. The van der Waals surface area contributed by atoms with Gasteiger partial charge in [-0.3, -0.25) is 24.3 Å². The zero-order valence-electron chi connectivity index (χ0n) is 26.1. The Morgan fingerprint density at radius 1 is 1.00 bits per heavy atom. The van der Waals surface area contributed by atoms with Crippen molar-refractivity contribution < 1.29 is 43.0 Å². The quantitative estimate of drug-likeness (QED) is 0.163. The molecule has 6 atom stereocenters. The highest BCUT2D eigenvalue weighted by Crippen LogP contribution is 2.51. The SMILES string of the molecule is CC(=O)CCC(C)=N[C@@H](C(=O)N[C@@H]1C(=O)N2C(C(=O)OCOC(=O)C3N4C(=O)C[C@H]4OC3(C)C)C(C)(C)S[C@H]12)c1ccccc1. The third kappa shape index (κ3) is 6.22. The molecule has 4 fully saturated rings. The second-order valence-electron chi connectivity index (χ2n) is 12.8. The summed E-state index contributed by atoms with van der Waals surface area (Å²) in [6.07, 6.45) is 0.447. The van der Waals surface area contributed by atoms with E-state index in [1.807, 2.05) is 6.07 Å². The van der Waals surface area contributed by atoms with Crippen LogP contribution >= 0.6 is 11.8 Å². The van der Waals surface area contributed by atoms with Crippen molar-refractivity contribution in [3.05, 3.63) is 35.9 Å². The lowest BCUT2D eigenvalue weighted by Crippen LogP contribution is -2.71. The van der Waals surface area contributed by atoms with E-state index < -0.39 is 76.7 Å². The Balaban J connectivity index is 1.21. The van der Waals surface area contributed by atoms with E-state index in [1.165, 1.54) is 28.5 Å². The van der Waals surface area contributed by atoms with Crippen LogP contribution in [0.4, 0.5) is 0 Å². The molecule has 45 heavy (non-hydrogen) atoms. The van der Waals surface area contributed by atoms with Crippen LogP contribution in [-0.4, -0.2) is 97.8 Å². The maximum atomic E-state index is 13.5. The summed E-state index contributed by atoms with van der Waals surface area (Å²) in [5, 5.41) is 2.30. The molecule has 1 aromatic carbocycles. The number of amides is 3. The highest BCUT2D eigenvalue weighted by molar-refractivity contribution is 8.01.